The maximum Gasteiger partial charge on any atom is 0.285 e. The van der Waals surface area contributed by atoms with Crippen molar-refractivity contribution in [3.63, 3.8) is 0 Å². The number of nitrogens with one attached hydrogen (secondary N) is 1. The molecule has 0 unspecified atom stereocenters. The van der Waals surface area contributed by atoms with Crippen LogP contribution < -0.4 is 10.5 Å². The molecule has 1 aliphatic rings. The molecule has 2 rings (SSSR count). The number of nitrogens with zero attached hydrogens (tertiary/aromatic N) is 1. The van der Waals surface area contributed by atoms with Gasteiger partial charge in [0, 0.05) is 0 Å². The van der Waals surface area contributed by atoms with Crippen molar-refractivity contribution in [1.29, 1.82) is 0 Å². The zero-order chi connectivity index (χ0) is 12.7. The van der Waals surface area contributed by atoms with E-state index in [2.05, 4.69) is 9.71 Å². The maximum atomic E-state index is 11.6. The van der Waals surface area contributed by atoms with Crippen LogP contribution >= 0.6 is 0 Å². The van der Waals surface area contributed by atoms with E-state index in [-0.39, 0.29) is 4.90 Å². The molecule has 0 radical (unpaired) electrons. The lowest BCUT2D eigenvalue weighted by Gasteiger charge is -2.13. The van der Waals surface area contributed by atoms with Crippen molar-refractivity contribution in [2.45, 2.75) is 10.6 Å². The van der Waals surface area contributed by atoms with E-state index < -0.39 is 25.8 Å². The second-order valence-corrected chi connectivity index (χ2v) is 6.71. The topological polar surface area (TPSA) is 119 Å². The standard InChI is InChI=1S/C8H9N3O4S2/c9-16(12,13)4-6-1-2-7-8(3-6)17(14,15)11-5-10-7/h1-3,5H,4H2,(H,10,11)(H2,9,12,13). The molecular weight excluding hydrogens is 266 g/mol. The summed E-state index contributed by atoms with van der Waals surface area (Å²) in [7, 11) is -7.44. The van der Waals surface area contributed by atoms with E-state index in [0.717, 1.165) is 6.34 Å². The van der Waals surface area contributed by atoms with Gasteiger partial charge >= 0.3 is 0 Å². The van der Waals surface area contributed by atoms with Gasteiger partial charge in [-0.15, -0.1) is 4.40 Å². The third kappa shape index (κ3) is 2.62. The van der Waals surface area contributed by atoms with Crippen LogP contribution in [0.15, 0.2) is 27.5 Å². The minimum Gasteiger partial charge on any atom is -0.345 e. The summed E-state index contributed by atoms with van der Waals surface area (Å²) in [6, 6.07) is 4.21. The number of hydrogen-bond acceptors (Lipinski definition) is 5. The van der Waals surface area contributed by atoms with Crippen LogP contribution in [0.25, 0.3) is 0 Å². The van der Waals surface area contributed by atoms with Crippen molar-refractivity contribution in [1.82, 2.24) is 0 Å². The minimum atomic E-state index is -3.75. The summed E-state index contributed by atoms with van der Waals surface area (Å²) in [4.78, 5) is -0.0545. The largest absolute Gasteiger partial charge is 0.345 e. The van der Waals surface area contributed by atoms with E-state index in [4.69, 9.17) is 5.14 Å². The average Bonchev–Trinajstić information content (AvgIpc) is 2.16. The van der Waals surface area contributed by atoms with Crippen LogP contribution in [0.2, 0.25) is 0 Å². The zero-order valence-corrected chi connectivity index (χ0v) is 10.1. The first-order valence-corrected chi connectivity index (χ1v) is 7.62. The van der Waals surface area contributed by atoms with Gasteiger partial charge < -0.3 is 5.32 Å². The highest BCUT2D eigenvalue weighted by Crippen LogP contribution is 2.27. The van der Waals surface area contributed by atoms with Gasteiger partial charge in [0.15, 0.2) is 0 Å². The summed E-state index contributed by atoms with van der Waals surface area (Å²) < 4.78 is 48.3. The Hall–Kier alpha value is -1.45. The highest BCUT2D eigenvalue weighted by Gasteiger charge is 2.21. The second kappa shape index (κ2) is 3.79. The third-order valence-corrected chi connectivity index (χ3v) is 4.12. The maximum absolute atomic E-state index is 11.6. The highest BCUT2D eigenvalue weighted by molar-refractivity contribution is 7.90. The van der Waals surface area contributed by atoms with Gasteiger partial charge in [0.1, 0.15) is 11.2 Å². The van der Waals surface area contributed by atoms with Gasteiger partial charge in [0.25, 0.3) is 10.0 Å². The first-order valence-electron chi connectivity index (χ1n) is 4.47. The average molecular weight is 275 g/mol. The lowest BCUT2D eigenvalue weighted by atomic mass is 10.2. The molecule has 0 atom stereocenters. The monoisotopic (exact) mass is 275 g/mol. The zero-order valence-electron chi connectivity index (χ0n) is 8.49. The summed E-state index contributed by atoms with van der Waals surface area (Å²) in [6.45, 7) is 0. The van der Waals surface area contributed by atoms with E-state index in [1.165, 1.54) is 18.2 Å². The number of sulfonamides is 2. The molecule has 1 aromatic carbocycles. The molecule has 17 heavy (non-hydrogen) atoms. The molecule has 9 heteroatoms. The Bertz CT molecular complexity index is 691. The van der Waals surface area contributed by atoms with E-state index in [9.17, 15) is 16.8 Å². The van der Waals surface area contributed by atoms with Gasteiger partial charge in [-0.05, 0) is 17.7 Å². The Kier molecular flexibility index (Phi) is 2.68. The summed E-state index contributed by atoms with van der Waals surface area (Å²) in [5.74, 6) is -0.417. The van der Waals surface area contributed by atoms with Crippen molar-refractivity contribution in [3.8, 4) is 0 Å². The highest BCUT2D eigenvalue weighted by atomic mass is 32.2. The molecule has 1 heterocycles. The first kappa shape index (κ1) is 12.0. The fourth-order valence-electron chi connectivity index (χ4n) is 1.44. The van der Waals surface area contributed by atoms with Crippen LogP contribution in [-0.4, -0.2) is 23.2 Å². The predicted molar refractivity (Wildman–Crippen MR) is 62.6 cm³/mol. The third-order valence-electron chi connectivity index (χ3n) is 2.10. The summed E-state index contributed by atoms with van der Waals surface area (Å²) in [6.07, 6.45) is 1.07. The van der Waals surface area contributed by atoms with E-state index in [1.54, 1.807) is 0 Å². The van der Waals surface area contributed by atoms with Gasteiger partial charge in [-0.1, -0.05) is 6.07 Å². The molecule has 0 spiro atoms. The van der Waals surface area contributed by atoms with Crippen LogP contribution in [-0.2, 0) is 25.8 Å². The molecule has 3 N–H and O–H groups in total. The summed E-state index contributed by atoms with van der Waals surface area (Å²) >= 11 is 0. The quantitative estimate of drug-likeness (QED) is 0.762. The Labute approximate surface area is 98.5 Å². The van der Waals surface area contributed by atoms with Crippen LogP contribution in [0.1, 0.15) is 5.56 Å². The predicted octanol–water partition coefficient (Wildman–Crippen LogP) is -0.382. The van der Waals surface area contributed by atoms with Gasteiger partial charge in [-0.3, -0.25) is 0 Å². The number of rotatable bonds is 2. The number of fused-ring (bicyclic) bond motifs is 1. The Morgan fingerprint density at radius 2 is 2.06 bits per heavy atom. The molecule has 0 bridgehead atoms. The van der Waals surface area contributed by atoms with Gasteiger partial charge in [0.2, 0.25) is 10.0 Å². The number of nitrogens with two attached hydrogens (primary N) is 1. The SMILES string of the molecule is NS(=O)(=O)Cc1ccc2c(c1)S(=O)(=O)N=CN2. The van der Waals surface area contributed by atoms with Crippen molar-refractivity contribution < 1.29 is 16.8 Å². The molecule has 92 valence electrons. The van der Waals surface area contributed by atoms with Crippen molar-refractivity contribution in [3.05, 3.63) is 23.8 Å². The molecule has 1 aliphatic heterocycles. The van der Waals surface area contributed by atoms with Crippen LogP contribution in [0.3, 0.4) is 0 Å². The normalized spacial score (nSPS) is 17.2. The molecule has 0 saturated heterocycles. The van der Waals surface area contributed by atoms with Crippen molar-refractivity contribution in [2.75, 3.05) is 5.32 Å². The Morgan fingerprint density at radius 1 is 1.35 bits per heavy atom. The molecule has 0 aliphatic carbocycles. The molecule has 0 saturated carbocycles. The van der Waals surface area contributed by atoms with E-state index >= 15 is 0 Å². The summed E-state index contributed by atoms with van der Waals surface area (Å²) in [5.41, 5.74) is 0.659. The van der Waals surface area contributed by atoms with Gasteiger partial charge in [0.05, 0.1) is 11.4 Å². The number of benzene rings is 1. The lowest BCUT2D eigenvalue weighted by molar-refractivity contribution is 0.594. The molecule has 0 fully saturated rings. The Morgan fingerprint density at radius 3 is 2.71 bits per heavy atom. The molecular formula is C8H9N3O4S2. The Balaban J connectivity index is 2.52. The minimum absolute atomic E-state index is 0.0545. The molecule has 0 aromatic heterocycles. The summed E-state index contributed by atoms with van der Waals surface area (Å²) in [5, 5.41) is 7.55. The van der Waals surface area contributed by atoms with Crippen molar-refractivity contribution >= 4 is 32.1 Å². The smallest absolute Gasteiger partial charge is 0.285 e. The van der Waals surface area contributed by atoms with Crippen LogP contribution in [0.5, 0.6) is 0 Å². The van der Waals surface area contributed by atoms with E-state index in [1.807, 2.05) is 0 Å². The van der Waals surface area contributed by atoms with Gasteiger partial charge in [-0.2, -0.15) is 8.42 Å². The van der Waals surface area contributed by atoms with Crippen LogP contribution in [0.4, 0.5) is 5.69 Å². The fourth-order valence-corrected chi connectivity index (χ4v) is 3.10. The number of primary sulfonamides is 1. The number of anilines is 1. The van der Waals surface area contributed by atoms with Crippen LogP contribution in [0, 0.1) is 0 Å². The molecule has 1 aromatic rings. The van der Waals surface area contributed by atoms with E-state index in [0.29, 0.717) is 11.3 Å². The van der Waals surface area contributed by atoms with Crippen molar-refractivity contribution in [2.24, 2.45) is 9.54 Å². The van der Waals surface area contributed by atoms with Gasteiger partial charge in [-0.25, -0.2) is 13.6 Å². The lowest BCUT2D eigenvalue weighted by Crippen LogP contribution is -2.16. The second-order valence-electron chi connectivity index (χ2n) is 3.49. The first-order chi connectivity index (χ1) is 7.78. The molecule has 7 nitrogen and oxygen atoms in total. The number of hydrogen-bond donors (Lipinski definition) is 2. The fraction of sp³-hybridized carbons (Fsp3) is 0.125. The molecule has 0 amide bonds.